The van der Waals surface area contributed by atoms with Crippen LogP contribution in [0.3, 0.4) is 0 Å². The van der Waals surface area contributed by atoms with Crippen molar-refractivity contribution in [3.05, 3.63) is 29.8 Å². The zero-order chi connectivity index (χ0) is 15.8. The number of likely N-dealkylation sites (N-methyl/N-ethyl adjacent to an activating group) is 1. The third kappa shape index (κ3) is 5.38. The standard InChI is InChI=1S/C17H29N3O/c1-5-19(6-2)11-12-20(13-14(3)4)17(21)15-9-7-8-10-16(15)18/h7-10,14H,5-6,11-13,18H2,1-4H3. The second kappa shape index (κ2) is 8.67. The number of carbonyl (C=O) groups excluding carboxylic acids is 1. The van der Waals surface area contributed by atoms with E-state index in [-0.39, 0.29) is 5.91 Å². The van der Waals surface area contributed by atoms with E-state index in [4.69, 9.17) is 5.73 Å². The SMILES string of the molecule is CCN(CC)CCN(CC(C)C)C(=O)c1ccccc1N. The number of para-hydroxylation sites is 1. The van der Waals surface area contributed by atoms with Gasteiger partial charge in [0.15, 0.2) is 0 Å². The van der Waals surface area contributed by atoms with Gasteiger partial charge in [-0.3, -0.25) is 4.79 Å². The van der Waals surface area contributed by atoms with E-state index < -0.39 is 0 Å². The number of hydrogen-bond acceptors (Lipinski definition) is 3. The highest BCUT2D eigenvalue weighted by Crippen LogP contribution is 2.14. The fraction of sp³-hybridized carbons (Fsp3) is 0.588. The third-order valence-electron chi connectivity index (χ3n) is 3.64. The molecule has 0 atom stereocenters. The Morgan fingerprint density at radius 1 is 1.14 bits per heavy atom. The summed E-state index contributed by atoms with van der Waals surface area (Å²) in [5.74, 6) is 0.476. The van der Waals surface area contributed by atoms with E-state index in [0.29, 0.717) is 17.2 Å². The normalized spacial score (nSPS) is 11.1. The summed E-state index contributed by atoms with van der Waals surface area (Å²) in [7, 11) is 0. The van der Waals surface area contributed by atoms with Crippen molar-refractivity contribution in [3.63, 3.8) is 0 Å². The molecule has 0 aliphatic carbocycles. The number of rotatable bonds is 8. The van der Waals surface area contributed by atoms with Crippen LogP contribution in [0.25, 0.3) is 0 Å². The summed E-state index contributed by atoms with van der Waals surface area (Å²) in [6.45, 7) is 13.0. The van der Waals surface area contributed by atoms with Crippen LogP contribution in [0.15, 0.2) is 24.3 Å². The van der Waals surface area contributed by atoms with Gasteiger partial charge in [0.05, 0.1) is 5.56 Å². The number of carbonyl (C=O) groups is 1. The molecule has 0 saturated heterocycles. The van der Waals surface area contributed by atoms with Crippen molar-refractivity contribution in [1.29, 1.82) is 0 Å². The molecule has 1 rings (SSSR count). The van der Waals surface area contributed by atoms with Gasteiger partial charge in [-0.05, 0) is 31.1 Å². The van der Waals surface area contributed by atoms with Gasteiger partial charge in [-0.1, -0.05) is 39.8 Å². The van der Waals surface area contributed by atoms with Gasteiger partial charge in [-0.25, -0.2) is 0 Å². The monoisotopic (exact) mass is 291 g/mol. The summed E-state index contributed by atoms with van der Waals surface area (Å²) in [6, 6.07) is 7.31. The summed E-state index contributed by atoms with van der Waals surface area (Å²) in [4.78, 5) is 17.0. The Kier molecular flexibility index (Phi) is 7.23. The van der Waals surface area contributed by atoms with Crippen molar-refractivity contribution in [2.45, 2.75) is 27.7 Å². The number of anilines is 1. The number of benzene rings is 1. The van der Waals surface area contributed by atoms with Crippen LogP contribution in [0.5, 0.6) is 0 Å². The highest BCUT2D eigenvalue weighted by molar-refractivity contribution is 5.99. The predicted octanol–water partition coefficient (Wildman–Crippen LogP) is 2.71. The van der Waals surface area contributed by atoms with Crippen LogP contribution in [0.4, 0.5) is 5.69 Å². The van der Waals surface area contributed by atoms with Gasteiger partial charge >= 0.3 is 0 Å². The van der Waals surface area contributed by atoms with Gasteiger partial charge in [-0.2, -0.15) is 0 Å². The molecule has 118 valence electrons. The van der Waals surface area contributed by atoms with E-state index in [1.807, 2.05) is 23.1 Å². The molecule has 0 aromatic heterocycles. The van der Waals surface area contributed by atoms with Crippen molar-refractivity contribution in [3.8, 4) is 0 Å². The first kappa shape index (κ1) is 17.5. The molecule has 1 aromatic rings. The third-order valence-corrected chi connectivity index (χ3v) is 3.64. The molecule has 4 nitrogen and oxygen atoms in total. The van der Waals surface area contributed by atoms with Crippen molar-refractivity contribution in [2.24, 2.45) is 5.92 Å². The van der Waals surface area contributed by atoms with Gasteiger partial charge in [-0.15, -0.1) is 0 Å². The van der Waals surface area contributed by atoms with E-state index in [1.54, 1.807) is 6.07 Å². The summed E-state index contributed by atoms with van der Waals surface area (Å²) in [5.41, 5.74) is 7.10. The van der Waals surface area contributed by atoms with Crippen LogP contribution in [0, 0.1) is 5.92 Å². The lowest BCUT2D eigenvalue weighted by Gasteiger charge is -2.28. The molecule has 0 aliphatic rings. The van der Waals surface area contributed by atoms with Gasteiger partial charge in [0, 0.05) is 25.3 Å². The Bertz CT molecular complexity index is 441. The van der Waals surface area contributed by atoms with Crippen LogP contribution in [0.1, 0.15) is 38.1 Å². The van der Waals surface area contributed by atoms with Gasteiger partial charge < -0.3 is 15.5 Å². The largest absolute Gasteiger partial charge is 0.398 e. The Balaban J connectivity index is 2.82. The average molecular weight is 291 g/mol. The molecule has 0 heterocycles. The Morgan fingerprint density at radius 2 is 1.76 bits per heavy atom. The summed E-state index contributed by atoms with van der Waals surface area (Å²) in [6.07, 6.45) is 0. The van der Waals surface area contributed by atoms with Crippen molar-refractivity contribution >= 4 is 11.6 Å². The van der Waals surface area contributed by atoms with Crippen molar-refractivity contribution < 1.29 is 4.79 Å². The summed E-state index contributed by atoms with van der Waals surface area (Å²) >= 11 is 0. The lowest BCUT2D eigenvalue weighted by atomic mass is 10.1. The Labute approximate surface area is 128 Å². The molecule has 1 aromatic carbocycles. The van der Waals surface area contributed by atoms with E-state index in [1.165, 1.54) is 0 Å². The maximum Gasteiger partial charge on any atom is 0.255 e. The van der Waals surface area contributed by atoms with Crippen LogP contribution < -0.4 is 5.73 Å². The van der Waals surface area contributed by atoms with Gasteiger partial charge in [0.1, 0.15) is 0 Å². The minimum atomic E-state index is 0.0361. The molecule has 0 bridgehead atoms. The first-order chi connectivity index (χ1) is 9.99. The molecule has 0 radical (unpaired) electrons. The highest BCUT2D eigenvalue weighted by Gasteiger charge is 2.19. The van der Waals surface area contributed by atoms with Gasteiger partial charge in [0.2, 0.25) is 0 Å². The Hall–Kier alpha value is -1.55. The lowest BCUT2D eigenvalue weighted by Crippen LogP contribution is -2.40. The molecule has 21 heavy (non-hydrogen) atoms. The average Bonchev–Trinajstić information content (AvgIpc) is 2.46. The lowest BCUT2D eigenvalue weighted by molar-refractivity contribution is 0.0717. The summed E-state index contributed by atoms with van der Waals surface area (Å²) in [5, 5.41) is 0. The van der Waals surface area contributed by atoms with Crippen molar-refractivity contribution in [1.82, 2.24) is 9.80 Å². The van der Waals surface area contributed by atoms with Crippen LogP contribution in [-0.4, -0.2) is 48.4 Å². The molecule has 4 heteroatoms. The molecule has 0 unspecified atom stereocenters. The molecular weight excluding hydrogens is 262 g/mol. The predicted molar refractivity (Wildman–Crippen MR) is 89.4 cm³/mol. The fourth-order valence-electron chi connectivity index (χ4n) is 2.38. The van der Waals surface area contributed by atoms with Crippen molar-refractivity contribution in [2.75, 3.05) is 38.5 Å². The summed E-state index contributed by atoms with van der Waals surface area (Å²) < 4.78 is 0. The second-order valence-electron chi connectivity index (χ2n) is 5.76. The topological polar surface area (TPSA) is 49.6 Å². The maximum absolute atomic E-state index is 12.7. The van der Waals surface area contributed by atoms with E-state index >= 15 is 0 Å². The zero-order valence-electron chi connectivity index (χ0n) is 13.8. The molecule has 2 N–H and O–H groups in total. The minimum absolute atomic E-state index is 0.0361. The number of nitrogen functional groups attached to an aromatic ring is 1. The molecule has 0 spiro atoms. The van der Waals surface area contributed by atoms with Crippen LogP contribution >= 0.6 is 0 Å². The molecule has 0 fully saturated rings. The van der Waals surface area contributed by atoms with Gasteiger partial charge in [0.25, 0.3) is 5.91 Å². The van der Waals surface area contributed by atoms with E-state index in [0.717, 1.165) is 32.7 Å². The highest BCUT2D eigenvalue weighted by atomic mass is 16.2. The van der Waals surface area contributed by atoms with Crippen LogP contribution in [0.2, 0.25) is 0 Å². The molecule has 0 saturated carbocycles. The fourth-order valence-corrected chi connectivity index (χ4v) is 2.38. The number of amides is 1. The first-order valence-electron chi connectivity index (χ1n) is 7.85. The first-order valence-corrected chi connectivity index (χ1v) is 7.85. The smallest absolute Gasteiger partial charge is 0.255 e. The number of hydrogen-bond donors (Lipinski definition) is 1. The molecular formula is C17H29N3O. The molecule has 0 aliphatic heterocycles. The maximum atomic E-state index is 12.7. The van der Waals surface area contributed by atoms with E-state index in [2.05, 4.69) is 32.6 Å². The van der Waals surface area contributed by atoms with E-state index in [9.17, 15) is 4.79 Å². The Morgan fingerprint density at radius 3 is 2.29 bits per heavy atom. The number of nitrogens with two attached hydrogens (primary N) is 1. The van der Waals surface area contributed by atoms with Crippen LogP contribution in [-0.2, 0) is 0 Å². The molecule has 1 amide bonds. The minimum Gasteiger partial charge on any atom is -0.398 e. The quantitative estimate of drug-likeness (QED) is 0.749. The number of nitrogens with zero attached hydrogens (tertiary/aromatic N) is 2. The zero-order valence-corrected chi connectivity index (χ0v) is 13.8. The second-order valence-corrected chi connectivity index (χ2v) is 5.76.